The molecule has 2 N–H and O–H groups in total. The Morgan fingerprint density at radius 1 is 1.28 bits per heavy atom. The summed E-state index contributed by atoms with van der Waals surface area (Å²) in [4.78, 5) is 1.64. The van der Waals surface area contributed by atoms with Crippen LogP contribution in [0.5, 0.6) is 0 Å². The molecule has 0 aromatic carbocycles. The maximum absolute atomic E-state index is 9.63. The molecule has 0 aromatic rings. The van der Waals surface area contributed by atoms with Gasteiger partial charge in [0.15, 0.2) is 0 Å². The number of hydrogen-bond donors (Lipinski definition) is 2. The average molecular weight is 250 g/mol. The highest BCUT2D eigenvalue weighted by Crippen LogP contribution is 2.47. The molecule has 0 radical (unpaired) electrons. The molecule has 2 aliphatic rings. The Morgan fingerprint density at radius 3 is 2.56 bits per heavy atom. The summed E-state index contributed by atoms with van der Waals surface area (Å²) in [5.74, 6) is 6.13. The molecule has 2 rings (SSSR count). The van der Waals surface area contributed by atoms with E-state index in [1.54, 1.807) is 18.7 Å². The molecule has 3 atom stereocenters. The monoisotopic (exact) mass is 250 g/mol. The van der Waals surface area contributed by atoms with Gasteiger partial charge in [-0.15, -0.1) is 0 Å². The van der Waals surface area contributed by atoms with Gasteiger partial charge in [-0.05, 0) is 31.6 Å². The van der Waals surface area contributed by atoms with Crippen molar-refractivity contribution in [1.82, 2.24) is 0 Å². The van der Waals surface area contributed by atoms with Gasteiger partial charge in [0.25, 0.3) is 0 Å². The lowest BCUT2D eigenvalue weighted by atomic mass is 9.65. The predicted octanol–water partition coefficient (Wildman–Crippen LogP) is 1.24. The number of likely N-dealkylation sites (tertiary alicyclic amines) is 1. The zero-order valence-corrected chi connectivity index (χ0v) is 12.6. The SMILES string of the molecule is CC(C)(O)C#CC[NH+]1C[C@]2(C)C[C@H]1CC(C)(C)C2. The molecular formula is C16H28NO+. The molecule has 1 aliphatic heterocycles. The molecular weight excluding hydrogens is 222 g/mol. The van der Waals surface area contributed by atoms with E-state index in [1.165, 1.54) is 25.8 Å². The summed E-state index contributed by atoms with van der Waals surface area (Å²) < 4.78 is 0. The molecule has 1 saturated heterocycles. The maximum Gasteiger partial charge on any atom is 0.139 e. The first-order chi connectivity index (χ1) is 8.09. The van der Waals surface area contributed by atoms with Crippen molar-refractivity contribution in [3.8, 4) is 11.8 Å². The highest BCUT2D eigenvalue weighted by Gasteiger charge is 2.52. The molecule has 1 heterocycles. The van der Waals surface area contributed by atoms with Crippen molar-refractivity contribution >= 4 is 0 Å². The second-order valence-electron chi connectivity index (χ2n) is 8.13. The van der Waals surface area contributed by atoms with E-state index in [9.17, 15) is 5.11 Å². The number of nitrogens with one attached hydrogen (secondary N) is 1. The second-order valence-corrected chi connectivity index (χ2v) is 8.13. The molecule has 0 spiro atoms. The summed E-state index contributed by atoms with van der Waals surface area (Å²) in [7, 11) is 0. The van der Waals surface area contributed by atoms with Crippen molar-refractivity contribution in [2.24, 2.45) is 10.8 Å². The van der Waals surface area contributed by atoms with Crippen molar-refractivity contribution in [3.05, 3.63) is 0 Å². The van der Waals surface area contributed by atoms with Gasteiger partial charge in [-0.2, -0.15) is 0 Å². The fourth-order valence-electron chi connectivity index (χ4n) is 4.33. The van der Waals surface area contributed by atoms with Gasteiger partial charge in [0.05, 0.1) is 12.6 Å². The highest BCUT2D eigenvalue weighted by molar-refractivity contribution is 5.10. The van der Waals surface area contributed by atoms with Crippen LogP contribution in [0, 0.1) is 22.7 Å². The lowest BCUT2D eigenvalue weighted by molar-refractivity contribution is -0.907. The summed E-state index contributed by atoms with van der Waals surface area (Å²) in [5.41, 5.74) is 0.151. The van der Waals surface area contributed by atoms with Gasteiger partial charge in [0, 0.05) is 18.3 Å². The van der Waals surface area contributed by atoms with Gasteiger partial charge in [-0.3, -0.25) is 0 Å². The third kappa shape index (κ3) is 3.28. The smallest absolute Gasteiger partial charge is 0.139 e. The normalized spacial score (nSPS) is 38.1. The van der Waals surface area contributed by atoms with Gasteiger partial charge in [-0.25, -0.2) is 0 Å². The average Bonchev–Trinajstić information content (AvgIpc) is 2.32. The fourth-order valence-corrected chi connectivity index (χ4v) is 4.33. The van der Waals surface area contributed by atoms with Gasteiger partial charge in [0.1, 0.15) is 12.1 Å². The second kappa shape index (κ2) is 4.25. The van der Waals surface area contributed by atoms with E-state index in [-0.39, 0.29) is 0 Å². The lowest BCUT2D eigenvalue weighted by Crippen LogP contribution is -3.13. The van der Waals surface area contributed by atoms with E-state index in [2.05, 4.69) is 32.6 Å². The quantitative estimate of drug-likeness (QED) is 0.673. The van der Waals surface area contributed by atoms with Gasteiger partial charge < -0.3 is 10.0 Å². The zero-order chi connectivity index (χ0) is 13.6. The van der Waals surface area contributed by atoms with Crippen LogP contribution in [0.3, 0.4) is 0 Å². The van der Waals surface area contributed by atoms with E-state index < -0.39 is 5.60 Å². The third-order valence-electron chi connectivity index (χ3n) is 4.38. The van der Waals surface area contributed by atoms with E-state index in [0.717, 1.165) is 12.6 Å². The number of quaternary nitrogens is 1. The van der Waals surface area contributed by atoms with E-state index in [0.29, 0.717) is 10.8 Å². The lowest BCUT2D eigenvalue weighted by Gasteiger charge is -2.37. The largest absolute Gasteiger partial charge is 0.378 e. The molecule has 2 fully saturated rings. The Labute approximate surface area is 112 Å². The summed E-state index contributed by atoms with van der Waals surface area (Å²) in [6, 6.07) is 0.773. The van der Waals surface area contributed by atoms with E-state index in [4.69, 9.17) is 0 Å². The molecule has 18 heavy (non-hydrogen) atoms. The van der Waals surface area contributed by atoms with Crippen LogP contribution < -0.4 is 4.90 Å². The van der Waals surface area contributed by atoms with Crippen LogP contribution in [0.25, 0.3) is 0 Å². The summed E-state index contributed by atoms with van der Waals surface area (Å²) in [6.45, 7) is 12.9. The van der Waals surface area contributed by atoms with Crippen molar-refractivity contribution in [1.29, 1.82) is 0 Å². The molecule has 2 bridgehead atoms. The van der Waals surface area contributed by atoms with Crippen LogP contribution in [-0.4, -0.2) is 29.8 Å². The molecule has 0 aromatic heterocycles. The molecule has 102 valence electrons. The molecule has 1 saturated carbocycles. The highest BCUT2D eigenvalue weighted by atomic mass is 16.3. The first-order valence-electron chi connectivity index (χ1n) is 7.16. The Bertz CT molecular complexity index is 382. The Kier molecular flexibility index (Phi) is 3.28. The van der Waals surface area contributed by atoms with Crippen LogP contribution >= 0.6 is 0 Å². The topological polar surface area (TPSA) is 24.7 Å². The molecule has 2 nitrogen and oxygen atoms in total. The minimum atomic E-state index is -0.850. The van der Waals surface area contributed by atoms with Crippen molar-refractivity contribution in [2.45, 2.75) is 65.5 Å². The molecule has 1 aliphatic carbocycles. The maximum atomic E-state index is 9.63. The van der Waals surface area contributed by atoms with Gasteiger partial charge >= 0.3 is 0 Å². The van der Waals surface area contributed by atoms with Gasteiger partial charge in [0.2, 0.25) is 0 Å². The van der Waals surface area contributed by atoms with Gasteiger partial charge in [-0.1, -0.05) is 26.7 Å². The van der Waals surface area contributed by atoms with E-state index >= 15 is 0 Å². The first kappa shape index (κ1) is 13.9. The number of rotatable bonds is 1. The van der Waals surface area contributed by atoms with Crippen LogP contribution in [0.2, 0.25) is 0 Å². The minimum Gasteiger partial charge on any atom is -0.378 e. The minimum absolute atomic E-state index is 0.489. The van der Waals surface area contributed by atoms with Crippen molar-refractivity contribution in [3.63, 3.8) is 0 Å². The number of hydrogen-bond acceptors (Lipinski definition) is 1. The fraction of sp³-hybridized carbons (Fsp3) is 0.875. The Morgan fingerprint density at radius 2 is 1.94 bits per heavy atom. The number of fused-ring (bicyclic) bond motifs is 2. The summed E-state index contributed by atoms with van der Waals surface area (Å²) in [6.07, 6.45) is 4.02. The summed E-state index contributed by atoms with van der Waals surface area (Å²) in [5, 5.41) is 9.63. The molecule has 2 heteroatoms. The van der Waals surface area contributed by atoms with Crippen LogP contribution in [0.15, 0.2) is 0 Å². The van der Waals surface area contributed by atoms with Crippen molar-refractivity contribution < 1.29 is 10.0 Å². The van der Waals surface area contributed by atoms with Crippen molar-refractivity contribution in [2.75, 3.05) is 13.1 Å². The standard InChI is InChI=1S/C16H27NO/c1-14(2)9-13-10-16(5,11-14)12-17(13)8-6-7-15(3,4)18/h13,18H,8-12H2,1-5H3/p+1/t13-,16-/m1/s1. The number of aliphatic hydroxyl groups is 1. The summed E-state index contributed by atoms with van der Waals surface area (Å²) >= 11 is 0. The predicted molar refractivity (Wildman–Crippen MR) is 74.3 cm³/mol. The molecule has 1 unspecified atom stereocenters. The van der Waals surface area contributed by atoms with Crippen LogP contribution in [0.1, 0.15) is 53.9 Å². The third-order valence-corrected chi connectivity index (χ3v) is 4.38. The van der Waals surface area contributed by atoms with E-state index in [1.807, 2.05) is 0 Å². The zero-order valence-electron chi connectivity index (χ0n) is 12.6. The Hall–Kier alpha value is -0.520. The molecule has 0 amide bonds. The van der Waals surface area contributed by atoms with Crippen LogP contribution in [-0.2, 0) is 0 Å². The Balaban J connectivity index is 2.03. The van der Waals surface area contributed by atoms with Crippen LogP contribution in [0.4, 0.5) is 0 Å². The first-order valence-corrected chi connectivity index (χ1v) is 7.16.